The van der Waals surface area contributed by atoms with Gasteiger partial charge in [0.1, 0.15) is 17.4 Å². The Hall–Kier alpha value is -3.76. The van der Waals surface area contributed by atoms with Crippen molar-refractivity contribution in [1.82, 2.24) is 0 Å². The number of carboxylic acid groups (broad SMARTS) is 1. The maximum atomic E-state index is 12.8. The number of carbonyl (C=O) groups is 2. The number of Topliss-reactive ketones (excluding diaryl/α,β-unsaturated/α-hetero) is 1. The molecule has 0 radical (unpaired) electrons. The quantitative estimate of drug-likeness (QED) is 0.185. The monoisotopic (exact) mass is 586 g/mol. The second kappa shape index (κ2) is 20.2. The first-order chi connectivity index (χ1) is 19.2. The number of halogens is 2. The van der Waals surface area contributed by atoms with E-state index in [1.165, 1.54) is 49.2 Å². The van der Waals surface area contributed by atoms with Crippen LogP contribution in [0.15, 0.2) is 48.5 Å². The number of nitrogens with one attached hydrogen (secondary N) is 1. The third-order valence-corrected chi connectivity index (χ3v) is 6.40. The molecule has 4 N–H and O–H groups in total. The van der Waals surface area contributed by atoms with Crippen LogP contribution in [0.2, 0.25) is 19.6 Å². The summed E-state index contributed by atoms with van der Waals surface area (Å²) in [4.78, 5) is 23.2. The maximum absolute atomic E-state index is 12.8. The number of benzene rings is 2. The lowest BCUT2D eigenvalue weighted by atomic mass is 9.89. The minimum Gasteiger partial charge on any atom is -0.481 e. The van der Waals surface area contributed by atoms with Gasteiger partial charge >= 0.3 is 5.66 Å². The molecule has 2 aromatic rings. The first-order valence-corrected chi connectivity index (χ1v) is 17.3. The molecule has 0 unspecified atom stereocenters. The Balaban J connectivity index is 0.000000541. The van der Waals surface area contributed by atoms with E-state index in [1.54, 1.807) is 12.1 Å². The fourth-order valence-corrected chi connectivity index (χ4v) is 3.61. The highest BCUT2D eigenvalue weighted by atomic mass is 28.3. The summed E-state index contributed by atoms with van der Waals surface area (Å²) in [7, 11) is -1.33. The maximum Gasteiger partial charge on any atom is 0.305 e. The van der Waals surface area contributed by atoms with Crippen molar-refractivity contribution in [2.45, 2.75) is 96.4 Å². The fourth-order valence-electron chi connectivity index (χ4n) is 3.61. The van der Waals surface area contributed by atoms with Gasteiger partial charge in [0.2, 0.25) is 0 Å². The molecule has 2 aromatic carbocycles. The van der Waals surface area contributed by atoms with Crippen LogP contribution in [0, 0.1) is 29.2 Å². The summed E-state index contributed by atoms with van der Waals surface area (Å²) in [6.07, 6.45) is 10.4. The Morgan fingerprint density at radius 3 is 1.66 bits per heavy atom. The predicted octanol–water partition coefficient (Wildman–Crippen LogP) is 8.22. The Morgan fingerprint density at radius 1 is 0.951 bits per heavy atom. The summed E-state index contributed by atoms with van der Waals surface area (Å²) in [5.41, 5.74) is 8.46. The highest BCUT2D eigenvalue weighted by Gasteiger charge is 2.37. The second-order valence-electron chi connectivity index (χ2n) is 10.9. The van der Waals surface area contributed by atoms with E-state index in [4.69, 9.17) is 27.5 Å². The zero-order valence-corrected chi connectivity index (χ0v) is 25.7. The number of nitriles is 1. The van der Waals surface area contributed by atoms with Crippen molar-refractivity contribution < 1.29 is 23.5 Å². The van der Waals surface area contributed by atoms with Gasteiger partial charge in [-0.3, -0.25) is 14.4 Å². The molecule has 0 saturated heterocycles. The predicted molar refractivity (Wildman–Crippen MR) is 164 cm³/mol. The van der Waals surface area contributed by atoms with E-state index >= 15 is 0 Å². The molecule has 0 atom stereocenters. The van der Waals surface area contributed by atoms with Crippen molar-refractivity contribution >= 4 is 31.2 Å². The lowest BCUT2D eigenvalue weighted by molar-refractivity contribution is -0.134. The minimum atomic E-state index is -1.33. The van der Waals surface area contributed by atoms with Crippen LogP contribution < -0.4 is 11.1 Å². The van der Waals surface area contributed by atoms with Gasteiger partial charge in [-0.2, -0.15) is 0 Å². The largest absolute Gasteiger partial charge is 0.481 e. The average Bonchev–Trinajstić information content (AvgIpc) is 2.93. The smallest absolute Gasteiger partial charge is 0.305 e. The number of aliphatic carboxylic acids is 1. The van der Waals surface area contributed by atoms with Gasteiger partial charge in [0.25, 0.3) is 5.97 Å². The number of nitrogen functional groups attached to an aromatic ring is 1. The van der Waals surface area contributed by atoms with Crippen LogP contribution in [0.3, 0.4) is 0 Å². The van der Waals surface area contributed by atoms with E-state index in [2.05, 4.69) is 15.9 Å². The van der Waals surface area contributed by atoms with Gasteiger partial charge in [0, 0.05) is 49.7 Å². The number of anilines is 2. The van der Waals surface area contributed by atoms with E-state index in [9.17, 15) is 13.6 Å². The van der Waals surface area contributed by atoms with Crippen molar-refractivity contribution in [3.63, 3.8) is 0 Å². The molecule has 224 valence electrons. The normalized spacial score (nSPS) is 15.1. The SMILES string of the molecule is CC(=O)O.C[Si](C)(C)C#N.Nc1ccc(F)cc1.O=C1CCCCC1.[C-]#[N+]C1(Nc2ccc(F)cc2)CCCCC1. The van der Waals surface area contributed by atoms with Crippen LogP contribution >= 0.6 is 0 Å². The second-order valence-corrected chi connectivity index (χ2v) is 15.6. The third kappa shape index (κ3) is 20.8. The number of nitrogens with two attached hydrogens (primary N) is 1. The van der Waals surface area contributed by atoms with Gasteiger partial charge in [-0.05, 0) is 74.2 Å². The van der Waals surface area contributed by atoms with E-state index in [0.717, 1.165) is 64.0 Å². The first-order valence-electron chi connectivity index (χ1n) is 13.8. The van der Waals surface area contributed by atoms with E-state index in [0.29, 0.717) is 11.5 Å². The number of rotatable bonds is 2. The number of ketones is 1. The molecule has 2 aliphatic rings. The lowest BCUT2D eigenvalue weighted by Gasteiger charge is -2.27. The summed E-state index contributed by atoms with van der Waals surface area (Å²) >= 11 is 0. The summed E-state index contributed by atoms with van der Waals surface area (Å²) in [5.74, 6) is -0.864. The van der Waals surface area contributed by atoms with E-state index in [1.807, 2.05) is 19.6 Å². The molecule has 2 fully saturated rings. The molecule has 41 heavy (non-hydrogen) atoms. The molecule has 10 heteroatoms. The van der Waals surface area contributed by atoms with E-state index < -0.39 is 19.7 Å². The summed E-state index contributed by atoms with van der Waals surface area (Å²) < 4.78 is 24.8. The Morgan fingerprint density at radius 2 is 1.34 bits per heavy atom. The van der Waals surface area contributed by atoms with Gasteiger partial charge in [-0.1, -0.05) is 32.5 Å². The summed E-state index contributed by atoms with van der Waals surface area (Å²) in [5, 5.41) is 18.9. The summed E-state index contributed by atoms with van der Waals surface area (Å²) in [6.45, 7) is 14.5. The van der Waals surface area contributed by atoms with Gasteiger partial charge in [0.15, 0.2) is 8.07 Å². The number of carboxylic acids is 1. The van der Waals surface area contributed by atoms with Crippen molar-refractivity contribution in [3.8, 4) is 5.69 Å². The Bertz CT molecular complexity index is 1080. The highest BCUT2D eigenvalue weighted by Crippen LogP contribution is 2.32. The molecule has 7 nitrogen and oxygen atoms in total. The van der Waals surface area contributed by atoms with Gasteiger partial charge in [-0.25, -0.2) is 20.6 Å². The van der Waals surface area contributed by atoms with Crippen molar-refractivity contribution in [3.05, 3.63) is 71.6 Å². The van der Waals surface area contributed by atoms with Crippen molar-refractivity contribution in [1.29, 1.82) is 5.26 Å². The topological polar surface area (TPSA) is 121 Å². The molecule has 0 aromatic heterocycles. The van der Waals surface area contributed by atoms with Gasteiger partial charge in [0.05, 0.1) is 0 Å². The third-order valence-electron chi connectivity index (χ3n) is 5.73. The average molecular weight is 587 g/mol. The lowest BCUT2D eigenvalue weighted by Crippen LogP contribution is -2.36. The van der Waals surface area contributed by atoms with Crippen molar-refractivity contribution in [2.24, 2.45) is 0 Å². The van der Waals surface area contributed by atoms with E-state index in [-0.39, 0.29) is 11.6 Å². The van der Waals surface area contributed by atoms with Crippen LogP contribution in [0.1, 0.15) is 71.1 Å². The van der Waals surface area contributed by atoms with Crippen LogP contribution in [0.4, 0.5) is 20.2 Å². The Labute approximate surface area is 244 Å². The highest BCUT2D eigenvalue weighted by molar-refractivity contribution is 6.83. The molecule has 4 rings (SSSR count). The van der Waals surface area contributed by atoms with Crippen LogP contribution in [-0.2, 0) is 9.59 Å². The molecule has 2 aliphatic carbocycles. The van der Waals surface area contributed by atoms with Crippen LogP contribution in [-0.4, -0.2) is 30.6 Å². The minimum absolute atomic E-state index is 0.244. The fraction of sp³-hybridized carbons (Fsp3) is 0.484. The molecular weight excluding hydrogens is 542 g/mol. The molecule has 2 saturated carbocycles. The molecule has 0 aliphatic heterocycles. The summed E-state index contributed by atoms with van der Waals surface area (Å²) in [6, 6.07) is 11.9. The molecular formula is C31H44F2N4O3Si. The Kier molecular flexibility index (Phi) is 18.3. The van der Waals surface area contributed by atoms with Crippen LogP contribution in [0.5, 0.6) is 0 Å². The van der Waals surface area contributed by atoms with Crippen LogP contribution in [0.25, 0.3) is 4.85 Å². The molecule has 0 spiro atoms. The van der Waals surface area contributed by atoms with Crippen molar-refractivity contribution in [2.75, 3.05) is 11.1 Å². The number of hydrogen-bond donors (Lipinski definition) is 3. The van der Waals surface area contributed by atoms with Gasteiger partial charge < -0.3 is 16.2 Å². The number of carbonyl (C=O) groups excluding carboxylic acids is 1. The van der Waals surface area contributed by atoms with Gasteiger partial charge in [-0.15, -0.1) is 0 Å². The number of nitrogens with zero attached hydrogens (tertiary/aromatic N) is 2. The molecule has 0 bridgehead atoms. The first kappa shape index (κ1) is 37.2. The zero-order chi connectivity index (χ0) is 31.3. The molecule has 0 amide bonds. The zero-order valence-electron chi connectivity index (χ0n) is 24.7. The molecule has 0 heterocycles. The number of hydrogen-bond acceptors (Lipinski definition) is 5. The standard InChI is InChI=1S/C13H15FN2.C6H6FN.C6H10O.C4H9NSi.C2H4O2/c1-15-13(9-3-2-4-10-13)16-12-7-5-11(14)6-8-12;7-5-1-3-6(8)4-2-5;7-6-4-2-1-3-5-6;1-6(2,3)4-5;1-2(3)4/h5-8,16H,2-4,9-10H2;1-4H,8H2;1-5H2;1-3H3;1H3,(H,3,4).